The van der Waals surface area contributed by atoms with Crippen LogP contribution in [0.25, 0.3) is 0 Å². The molecule has 0 spiro atoms. The molecule has 0 saturated heterocycles. The summed E-state index contributed by atoms with van der Waals surface area (Å²) < 4.78 is 24.4. The molecular formula is C16H29N2O4P. The Morgan fingerprint density at radius 2 is 1.52 bits per heavy atom. The zero-order valence-electron chi connectivity index (χ0n) is 14.7. The van der Waals surface area contributed by atoms with E-state index in [2.05, 4.69) is 44.4 Å². The normalized spacial score (nSPS) is 12.6. The van der Waals surface area contributed by atoms with Crippen molar-refractivity contribution in [2.24, 2.45) is 0 Å². The standard InChI is InChI=1S/C16H29N2O4P/c1-6-9-19-11-12-20-13-14-22-23(21-10-7-8-17)18(15(2)3)16(4)5/h1,15-16H,7,9-14H2,2-5H3. The molecule has 0 heterocycles. The Bertz CT molecular complexity index is 358. The summed E-state index contributed by atoms with van der Waals surface area (Å²) >= 11 is 0. The first kappa shape index (κ1) is 22.3. The Labute approximate surface area is 142 Å². The Hall–Kier alpha value is -0.720. The summed E-state index contributed by atoms with van der Waals surface area (Å²) in [6.45, 7) is 10.9. The van der Waals surface area contributed by atoms with E-state index < -0.39 is 8.53 Å². The van der Waals surface area contributed by atoms with Crippen LogP contribution in [-0.2, 0) is 18.5 Å². The van der Waals surface area contributed by atoms with E-state index >= 15 is 0 Å². The lowest BCUT2D eigenvalue weighted by Crippen LogP contribution is -2.34. The van der Waals surface area contributed by atoms with Crippen molar-refractivity contribution in [3.63, 3.8) is 0 Å². The molecule has 7 heteroatoms. The van der Waals surface area contributed by atoms with Crippen LogP contribution in [-0.4, -0.2) is 56.4 Å². The van der Waals surface area contributed by atoms with Crippen LogP contribution < -0.4 is 0 Å². The number of terminal acetylenes is 1. The minimum absolute atomic E-state index is 0.293. The summed E-state index contributed by atoms with van der Waals surface area (Å²) in [5.41, 5.74) is 0. The molecule has 1 atom stereocenters. The molecule has 0 aliphatic carbocycles. The Balaban J connectivity index is 4.16. The molecule has 0 N–H and O–H groups in total. The van der Waals surface area contributed by atoms with Gasteiger partial charge in [0.1, 0.15) is 6.61 Å². The van der Waals surface area contributed by atoms with Gasteiger partial charge in [-0.3, -0.25) is 0 Å². The lowest BCUT2D eigenvalue weighted by molar-refractivity contribution is 0.0426. The van der Waals surface area contributed by atoms with Crippen LogP contribution >= 0.6 is 8.53 Å². The zero-order chi connectivity index (χ0) is 17.5. The highest BCUT2D eigenvalue weighted by Gasteiger charge is 2.26. The molecule has 0 aromatic carbocycles. The number of ether oxygens (including phenoxy) is 2. The maximum absolute atomic E-state index is 8.65. The largest absolute Gasteiger partial charge is 0.377 e. The van der Waals surface area contributed by atoms with Crippen molar-refractivity contribution in [2.75, 3.05) is 39.6 Å². The number of hydrogen-bond donors (Lipinski definition) is 0. The average Bonchev–Trinajstić information content (AvgIpc) is 2.49. The van der Waals surface area contributed by atoms with Gasteiger partial charge in [-0.2, -0.15) is 5.26 Å². The van der Waals surface area contributed by atoms with Gasteiger partial charge in [-0.15, -0.1) is 6.42 Å². The second kappa shape index (κ2) is 14.8. The first-order chi connectivity index (χ1) is 11.0. The molecule has 0 aromatic heterocycles. The van der Waals surface area contributed by atoms with Gasteiger partial charge in [-0.1, -0.05) is 5.92 Å². The molecular weight excluding hydrogens is 315 g/mol. The molecule has 0 fully saturated rings. The van der Waals surface area contributed by atoms with Crippen LogP contribution in [0, 0.1) is 23.7 Å². The zero-order valence-corrected chi connectivity index (χ0v) is 15.6. The highest BCUT2D eigenvalue weighted by Crippen LogP contribution is 2.45. The quantitative estimate of drug-likeness (QED) is 0.274. The van der Waals surface area contributed by atoms with Crippen molar-refractivity contribution in [2.45, 2.75) is 46.2 Å². The molecule has 1 unspecified atom stereocenters. The van der Waals surface area contributed by atoms with Gasteiger partial charge in [0.05, 0.1) is 45.5 Å². The summed E-state index contributed by atoms with van der Waals surface area (Å²) in [6.07, 6.45) is 5.44. The Morgan fingerprint density at radius 1 is 0.957 bits per heavy atom. The topological polar surface area (TPSA) is 64.0 Å². The van der Waals surface area contributed by atoms with Crippen molar-refractivity contribution < 1.29 is 18.5 Å². The molecule has 0 amide bonds. The van der Waals surface area contributed by atoms with E-state index in [9.17, 15) is 0 Å². The van der Waals surface area contributed by atoms with Crippen LogP contribution in [0.4, 0.5) is 0 Å². The van der Waals surface area contributed by atoms with E-state index in [-0.39, 0.29) is 0 Å². The molecule has 0 aliphatic rings. The summed E-state index contributed by atoms with van der Waals surface area (Å²) in [5.74, 6) is 2.40. The van der Waals surface area contributed by atoms with E-state index in [0.29, 0.717) is 58.1 Å². The maximum atomic E-state index is 8.65. The van der Waals surface area contributed by atoms with Gasteiger partial charge in [-0.25, -0.2) is 4.67 Å². The van der Waals surface area contributed by atoms with E-state index in [1.807, 2.05) is 0 Å². The van der Waals surface area contributed by atoms with Gasteiger partial charge in [0.15, 0.2) is 0 Å². The predicted octanol–water partition coefficient (Wildman–Crippen LogP) is 2.95. The molecule has 6 nitrogen and oxygen atoms in total. The minimum atomic E-state index is -1.20. The van der Waals surface area contributed by atoms with Gasteiger partial charge in [-0.05, 0) is 27.7 Å². The van der Waals surface area contributed by atoms with Gasteiger partial charge in [0.25, 0.3) is 8.53 Å². The third-order valence-electron chi connectivity index (χ3n) is 2.65. The van der Waals surface area contributed by atoms with Crippen LogP contribution in [0.2, 0.25) is 0 Å². The predicted molar refractivity (Wildman–Crippen MR) is 91.6 cm³/mol. The Morgan fingerprint density at radius 3 is 2.09 bits per heavy atom. The SMILES string of the molecule is C#CCOCCOCCOP(OCCC#N)N(C(C)C)C(C)C. The fraction of sp³-hybridized carbons (Fsp3) is 0.812. The molecule has 0 bridgehead atoms. The number of hydrogen-bond acceptors (Lipinski definition) is 6. The second-order valence-corrected chi connectivity index (χ2v) is 6.70. The highest BCUT2D eigenvalue weighted by atomic mass is 31.2. The van der Waals surface area contributed by atoms with Crippen molar-refractivity contribution in [3.8, 4) is 18.4 Å². The molecule has 0 saturated carbocycles. The third kappa shape index (κ3) is 11.5. The van der Waals surface area contributed by atoms with Crippen molar-refractivity contribution in [3.05, 3.63) is 0 Å². The summed E-state index contributed by atoms with van der Waals surface area (Å²) in [4.78, 5) is 0. The molecule has 0 aliphatic heterocycles. The maximum Gasteiger partial charge on any atom is 0.259 e. The van der Waals surface area contributed by atoms with Gasteiger partial charge < -0.3 is 18.5 Å². The third-order valence-corrected chi connectivity index (χ3v) is 4.76. The summed E-state index contributed by atoms with van der Waals surface area (Å²) in [6, 6.07) is 2.67. The lowest BCUT2D eigenvalue weighted by atomic mass is 10.3. The van der Waals surface area contributed by atoms with Crippen LogP contribution in [0.15, 0.2) is 0 Å². The van der Waals surface area contributed by atoms with Crippen LogP contribution in [0.3, 0.4) is 0 Å². The molecule has 0 rings (SSSR count). The number of rotatable bonds is 14. The highest BCUT2D eigenvalue weighted by molar-refractivity contribution is 7.44. The Kier molecular flexibility index (Phi) is 14.4. The monoisotopic (exact) mass is 344 g/mol. The van der Waals surface area contributed by atoms with E-state index in [4.69, 9.17) is 30.2 Å². The lowest BCUT2D eigenvalue weighted by Gasteiger charge is -2.35. The van der Waals surface area contributed by atoms with Crippen molar-refractivity contribution >= 4 is 8.53 Å². The molecule has 132 valence electrons. The van der Waals surface area contributed by atoms with E-state index in [1.54, 1.807) is 0 Å². The molecule has 23 heavy (non-hydrogen) atoms. The van der Waals surface area contributed by atoms with Crippen LogP contribution in [0.1, 0.15) is 34.1 Å². The van der Waals surface area contributed by atoms with E-state index in [0.717, 1.165) is 0 Å². The van der Waals surface area contributed by atoms with Gasteiger partial charge >= 0.3 is 0 Å². The first-order valence-electron chi connectivity index (χ1n) is 7.84. The second-order valence-electron chi connectivity index (χ2n) is 5.25. The minimum Gasteiger partial charge on any atom is -0.377 e. The van der Waals surface area contributed by atoms with Crippen LogP contribution in [0.5, 0.6) is 0 Å². The van der Waals surface area contributed by atoms with Gasteiger partial charge in [0.2, 0.25) is 0 Å². The summed E-state index contributed by atoms with van der Waals surface area (Å²) in [7, 11) is -1.20. The van der Waals surface area contributed by atoms with Crippen molar-refractivity contribution in [1.29, 1.82) is 5.26 Å². The smallest absolute Gasteiger partial charge is 0.259 e. The fourth-order valence-corrected chi connectivity index (χ4v) is 3.41. The van der Waals surface area contributed by atoms with Gasteiger partial charge in [0, 0.05) is 12.1 Å². The first-order valence-corrected chi connectivity index (χ1v) is 8.97. The number of nitrogens with zero attached hydrogens (tertiary/aromatic N) is 2. The fourth-order valence-electron chi connectivity index (χ4n) is 1.84. The van der Waals surface area contributed by atoms with Crippen molar-refractivity contribution in [1.82, 2.24) is 4.67 Å². The molecule has 0 aromatic rings. The average molecular weight is 344 g/mol. The number of nitriles is 1. The molecule has 0 radical (unpaired) electrons. The van der Waals surface area contributed by atoms with E-state index in [1.165, 1.54) is 0 Å². The summed E-state index contributed by atoms with van der Waals surface area (Å²) in [5, 5.41) is 8.65.